The van der Waals surface area contributed by atoms with Crippen molar-refractivity contribution in [3.05, 3.63) is 35.9 Å². The molecule has 2 heteroatoms. The Morgan fingerprint density at radius 2 is 2.21 bits per heavy atom. The van der Waals surface area contributed by atoms with Gasteiger partial charge in [0.1, 0.15) is 5.75 Å². The van der Waals surface area contributed by atoms with Crippen molar-refractivity contribution in [3.8, 4) is 5.75 Å². The lowest BCUT2D eigenvalue weighted by molar-refractivity contribution is 0.413. The van der Waals surface area contributed by atoms with Crippen molar-refractivity contribution in [2.45, 2.75) is 13.3 Å². The minimum absolute atomic E-state index is 0.621. The van der Waals surface area contributed by atoms with Crippen LogP contribution in [0.4, 0.5) is 0 Å². The van der Waals surface area contributed by atoms with E-state index in [1.807, 2.05) is 19.1 Å². The second kappa shape index (κ2) is 4.82. The highest BCUT2D eigenvalue weighted by Crippen LogP contribution is 2.27. The molecule has 0 amide bonds. The Labute approximate surface area is 85.4 Å². The van der Waals surface area contributed by atoms with Crippen LogP contribution in [0.2, 0.25) is 0 Å². The molecule has 0 spiro atoms. The van der Waals surface area contributed by atoms with Gasteiger partial charge in [-0.05, 0) is 37.1 Å². The van der Waals surface area contributed by atoms with Crippen molar-refractivity contribution >= 4 is 5.57 Å². The summed E-state index contributed by atoms with van der Waals surface area (Å²) in [7, 11) is 1.67. The maximum Gasteiger partial charge on any atom is 0.126 e. The standard InChI is InChI=1S/C12H17NO/c1-9-4-5-11(10(2)6-7-13)12(8-9)14-3/h4-5,8H,2,6-7,13H2,1,3H3. The summed E-state index contributed by atoms with van der Waals surface area (Å²) in [5.41, 5.74) is 8.76. The predicted octanol–water partition coefficient (Wildman–Crippen LogP) is 2.37. The van der Waals surface area contributed by atoms with Gasteiger partial charge in [0.05, 0.1) is 7.11 Å². The normalized spacial score (nSPS) is 9.93. The van der Waals surface area contributed by atoms with Gasteiger partial charge in [0, 0.05) is 5.56 Å². The molecule has 0 bridgehead atoms. The number of hydrogen-bond donors (Lipinski definition) is 1. The molecule has 0 aromatic heterocycles. The number of aryl methyl sites for hydroxylation is 1. The summed E-state index contributed by atoms with van der Waals surface area (Å²) in [6.45, 7) is 6.65. The van der Waals surface area contributed by atoms with E-state index in [0.29, 0.717) is 6.54 Å². The highest BCUT2D eigenvalue weighted by molar-refractivity contribution is 5.69. The predicted molar refractivity (Wildman–Crippen MR) is 60.4 cm³/mol. The molecule has 0 aliphatic heterocycles. The molecule has 0 aliphatic carbocycles. The van der Waals surface area contributed by atoms with Gasteiger partial charge in [0.2, 0.25) is 0 Å². The fourth-order valence-electron chi connectivity index (χ4n) is 1.40. The molecule has 76 valence electrons. The van der Waals surface area contributed by atoms with Crippen LogP contribution in [0.3, 0.4) is 0 Å². The van der Waals surface area contributed by atoms with Crippen molar-refractivity contribution < 1.29 is 4.74 Å². The summed E-state index contributed by atoms with van der Waals surface area (Å²) in [5.74, 6) is 0.878. The second-order valence-electron chi connectivity index (χ2n) is 3.35. The summed E-state index contributed by atoms with van der Waals surface area (Å²) in [5, 5.41) is 0. The topological polar surface area (TPSA) is 35.2 Å². The average Bonchev–Trinajstić information content (AvgIpc) is 2.17. The minimum atomic E-state index is 0.621. The summed E-state index contributed by atoms with van der Waals surface area (Å²) >= 11 is 0. The van der Waals surface area contributed by atoms with E-state index in [-0.39, 0.29) is 0 Å². The number of ether oxygens (including phenoxy) is 1. The number of rotatable bonds is 4. The molecule has 0 saturated heterocycles. The molecule has 14 heavy (non-hydrogen) atoms. The van der Waals surface area contributed by atoms with Crippen LogP contribution in [0.25, 0.3) is 5.57 Å². The van der Waals surface area contributed by atoms with Gasteiger partial charge < -0.3 is 10.5 Å². The first-order chi connectivity index (χ1) is 6.69. The van der Waals surface area contributed by atoms with Gasteiger partial charge in [-0.1, -0.05) is 18.7 Å². The third-order valence-corrected chi connectivity index (χ3v) is 2.18. The largest absolute Gasteiger partial charge is 0.496 e. The lowest BCUT2D eigenvalue weighted by Crippen LogP contribution is -2.00. The zero-order valence-corrected chi connectivity index (χ0v) is 8.84. The Morgan fingerprint density at radius 3 is 2.79 bits per heavy atom. The molecular formula is C12H17NO. The third-order valence-electron chi connectivity index (χ3n) is 2.18. The van der Waals surface area contributed by atoms with Crippen molar-refractivity contribution in [3.63, 3.8) is 0 Å². The Kier molecular flexibility index (Phi) is 3.72. The van der Waals surface area contributed by atoms with Crippen molar-refractivity contribution in [2.75, 3.05) is 13.7 Å². The van der Waals surface area contributed by atoms with Crippen molar-refractivity contribution in [1.29, 1.82) is 0 Å². The van der Waals surface area contributed by atoms with Gasteiger partial charge in [0.25, 0.3) is 0 Å². The van der Waals surface area contributed by atoms with Crippen LogP contribution in [0.15, 0.2) is 24.8 Å². The molecule has 0 heterocycles. The molecule has 1 aromatic rings. The Morgan fingerprint density at radius 1 is 1.50 bits per heavy atom. The lowest BCUT2D eigenvalue weighted by Gasteiger charge is -2.10. The Balaban J connectivity index is 3.01. The first-order valence-electron chi connectivity index (χ1n) is 4.72. The Bertz CT molecular complexity index is 331. The van der Waals surface area contributed by atoms with Gasteiger partial charge in [-0.25, -0.2) is 0 Å². The second-order valence-corrected chi connectivity index (χ2v) is 3.35. The molecule has 0 radical (unpaired) electrons. The lowest BCUT2D eigenvalue weighted by atomic mass is 10.0. The van der Waals surface area contributed by atoms with E-state index in [4.69, 9.17) is 10.5 Å². The molecule has 2 N–H and O–H groups in total. The molecule has 0 saturated carbocycles. The number of nitrogens with two attached hydrogens (primary N) is 1. The van der Waals surface area contributed by atoms with Crippen LogP contribution in [-0.2, 0) is 0 Å². The summed E-state index contributed by atoms with van der Waals surface area (Å²) in [4.78, 5) is 0. The smallest absolute Gasteiger partial charge is 0.126 e. The number of benzene rings is 1. The quantitative estimate of drug-likeness (QED) is 0.793. The van der Waals surface area contributed by atoms with Crippen LogP contribution in [0.5, 0.6) is 5.75 Å². The molecule has 0 atom stereocenters. The molecule has 0 aliphatic rings. The average molecular weight is 191 g/mol. The minimum Gasteiger partial charge on any atom is -0.496 e. The zero-order chi connectivity index (χ0) is 10.6. The van der Waals surface area contributed by atoms with Crippen LogP contribution < -0.4 is 10.5 Å². The summed E-state index contributed by atoms with van der Waals surface area (Å²) < 4.78 is 5.29. The summed E-state index contributed by atoms with van der Waals surface area (Å²) in [6.07, 6.45) is 0.805. The Hall–Kier alpha value is -1.28. The monoisotopic (exact) mass is 191 g/mol. The molecule has 0 fully saturated rings. The highest BCUT2D eigenvalue weighted by atomic mass is 16.5. The fraction of sp³-hybridized carbons (Fsp3) is 0.333. The zero-order valence-electron chi connectivity index (χ0n) is 8.84. The number of hydrogen-bond acceptors (Lipinski definition) is 2. The van der Waals surface area contributed by atoms with Crippen molar-refractivity contribution in [1.82, 2.24) is 0 Å². The first kappa shape index (κ1) is 10.8. The molecule has 1 rings (SSSR count). The summed E-state index contributed by atoms with van der Waals surface area (Å²) in [6, 6.07) is 6.10. The van der Waals surface area contributed by atoms with Crippen LogP contribution in [-0.4, -0.2) is 13.7 Å². The molecular weight excluding hydrogens is 174 g/mol. The van der Waals surface area contributed by atoms with Gasteiger partial charge in [-0.15, -0.1) is 0 Å². The van der Waals surface area contributed by atoms with E-state index >= 15 is 0 Å². The highest BCUT2D eigenvalue weighted by Gasteiger charge is 2.05. The van der Waals surface area contributed by atoms with E-state index in [2.05, 4.69) is 12.6 Å². The molecule has 0 unspecified atom stereocenters. The van der Waals surface area contributed by atoms with E-state index in [0.717, 1.165) is 23.3 Å². The van der Waals surface area contributed by atoms with E-state index < -0.39 is 0 Å². The third kappa shape index (κ3) is 2.36. The maximum atomic E-state index is 5.49. The van der Waals surface area contributed by atoms with E-state index in [9.17, 15) is 0 Å². The number of methoxy groups -OCH3 is 1. The molecule has 1 aromatic carbocycles. The van der Waals surface area contributed by atoms with E-state index in [1.54, 1.807) is 7.11 Å². The SMILES string of the molecule is C=C(CCN)c1ccc(C)cc1OC. The first-order valence-corrected chi connectivity index (χ1v) is 4.72. The van der Waals surface area contributed by atoms with Crippen molar-refractivity contribution in [2.24, 2.45) is 5.73 Å². The maximum absolute atomic E-state index is 5.49. The molecule has 2 nitrogen and oxygen atoms in total. The van der Waals surface area contributed by atoms with Gasteiger partial charge in [-0.3, -0.25) is 0 Å². The van der Waals surface area contributed by atoms with E-state index in [1.165, 1.54) is 5.56 Å². The fourth-order valence-corrected chi connectivity index (χ4v) is 1.40. The van der Waals surface area contributed by atoms with Crippen LogP contribution in [0, 0.1) is 6.92 Å². The van der Waals surface area contributed by atoms with Gasteiger partial charge >= 0.3 is 0 Å². The van der Waals surface area contributed by atoms with Gasteiger partial charge in [0.15, 0.2) is 0 Å². The van der Waals surface area contributed by atoms with Gasteiger partial charge in [-0.2, -0.15) is 0 Å². The van der Waals surface area contributed by atoms with Crippen LogP contribution in [0.1, 0.15) is 17.5 Å². The van der Waals surface area contributed by atoms with Crippen LogP contribution >= 0.6 is 0 Å².